The molecule has 0 aromatic rings. The van der Waals surface area contributed by atoms with Crippen LogP contribution in [0.5, 0.6) is 0 Å². The molecule has 1 saturated heterocycles. The number of ether oxygens (including phenoxy) is 3. The van der Waals surface area contributed by atoms with E-state index in [4.69, 9.17) is 14.2 Å². The van der Waals surface area contributed by atoms with E-state index in [1.54, 1.807) is 31.9 Å². The molecule has 0 aromatic carbocycles. The van der Waals surface area contributed by atoms with Gasteiger partial charge in [-0.1, -0.05) is 6.08 Å². The second-order valence-electron chi connectivity index (χ2n) is 10.9. The first-order chi connectivity index (χ1) is 19.4. The maximum Gasteiger partial charge on any atom is 0.333 e. The van der Waals surface area contributed by atoms with Crippen LogP contribution in [0.4, 0.5) is 0 Å². The van der Waals surface area contributed by atoms with Crippen LogP contribution in [-0.2, 0) is 43.0 Å². The van der Waals surface area contributed by atoms with Crippen LogP contribution in [0.1, 0.15) is 40.5 Å². The largest absolute Gasteiger partial charge is 0.492 e. The van der Waals surface area contributed by atoms with Gasteiger partial charge >= 0.3 is 5.97 Å². The molecule has 11 heteroatoms. The smallest absolute Gasteiger partial charge is 0.333 e. The van der Waals surface area contributed by atoms with Crippen molar-refractivity contribution in [3.8, 4) is 0 Å². The Labute approximate surface area is 237 Å². The Bertz CT molecular complexity index is 1500. The van der Waals surface area contributed by atoms with Gasteiger partial charge in [0.15, 0.2) is 23.1 Å². The molecule has 2 aliphatic carbocycles. The van der Waals surface area contributed by atoms with Crippen molar-refractivity contribution < 1.29 is 43.0 Å². The minimum Gasteiger partial charge on any atom is -0.492 e. The number of methoxy groups -OCH3 is 2. The first-order valence-electron chi connectivity index (χ1n) is 13.4. The van der Waals surface area contributed by atoms with Crippen LogP contribution in [0.3, 0.4) is 0 Å². The fourth-order valence-electron chi connectivity index (χ4n) is 6.77. The number of Topliss-reactive ketones (excluding diaryl/α,β-unsaturated/α-hetero) is 4. The zero-order valence-electron chi connectivity index (χ0n) is 24.1. The van der Waals surface area contributed by atoms with E-state index in [1.165, 1.54) is 33.0 Å². The Balaban J connectivity index is 1.68. The summed E-state index contributed by atoms with van der Waals surface area (Å²) >= 11 is 0. The molecule has 11 nitrogen and oxygen atoms in total. The van der Waals surface area contributed by atoms with Gasteiger partial charge in [-0.2, -0.15) is 0 Å². The quantitative estimate of drug-likeness (QED) is 0.273. The highest BCUT2D eigenvalue weighted by atomic mass is 16.5. The number of rotatable bonds is 5. The zero-order valence-corrected chi connectivity index (χ0v) is 24.1. The van der Waals surface area contributed by atoms with Gasteiger partial charge < -0.3 is 19.1 Å². The van der Waals surface area contributed by atoms with E-state index in [2.05, 4.69) is 0 Å². The molecule has 0 unspecified atom stereocenters. The number of hydrogen-bond acceptors (Lipinski definition) is 10. The molecule has 5 rings (SSSR count). The molecule has 216 valence electrons. The zero-order chi connectivity index (χ0) is 30.1. The van der Waals surface area contributed by atoms with Crippen LogP contribution < -0.4 is 0 Å². The summed E-state index contributed by atoms with van der Waals surface area (Å²) in [4.78, 5) is 84.5. The van der Waals surface area contributed by atoms with Crippen molar-refractivity contribution in [2.24, 2.45) is 0 Å². The maximum atomic E-state index is 14.2. The third-order valence-corrected chi connectivity index (χ3v) is 8.97. The first kappa shape index (κ1) is 28.4. The SMILES string of the molecule is C/C=C(/C)C(=O)OC[C@H]1C2=C(C[C@H]3[C@H]4C5=C(C[C@@H](C(=O)N13)N4C)C(=O)C(C)=C(OC)C5=O)C(=O)C(C)=C(OC)C2=O. The number of amides is 1. The molecule has 4 atom stereocenters. The maximum absolute atomic E-state index is 14.2. The van der Waals surface area contributed by atoms with Gasteiger partial charge in [-0.3, -0.25) is 28.9 Å². The lowest BCUT2D eigenvalue weighted by molar-refractivity contribution is -0.159. The number of hydrogen-bond donors (Lipinski definition) is 0. The van der Waals surface area contributed by atoms with Gasteiger partial charge in [0.2, 0.25) is 17.5 Å². The van der Waals surface area contributed by atoms with Gasteiger partial charge in [-0.15, -0.1) is 0 Å². The molecule has 0 saturated carbocycles. The van der Waals surface area contributed by atoms with Crippen LogP contribution >= 0.6 is 0 Å². The van der Waals surface area contributed by atoms with Crippen LogP contribution in [-0.4, -0.2) is 96.9 Å². The molecule has 0 aromatic heterocycles. The Morgan fingerprint density at radius 1 is 0.878 bits per heavy atom. The molecule has 5 aliphatic rings. The number of fused-ring (bicyclic) bond motifs is 5. The van der Waals surface area contributed by atoms with E-state index >= 15 is 0 Å². The van der Waals surface area contributed by atoms with E-state index < -0.39 is 47.5 Å². The standard InChI is InChI=1S/C30H32N2O9/c1-8-12(2)30(38)41-11-19-20-15(23(33)13(3)27(39-6)25(20)35)9-17-22-21-16(10-18(31(22)5)29(37)32(17)19)24(34)14(4)28(40-7)26(21)36/h8,17-19,22H,9-11H2,1-7H3/b12-8-/t17-,18-,19-,22-/m0/s1. The summed E-state index contributed by atoms with van der Waals surface area (Å²) < 4.78 is 16.2. The van der Waals surface area contributed by atoms with Gasteiger partial charge in [0.05, 0.1) is 38.4 Å². The monoisotopic (exact) mass is 564 g/mol. The minimum atomic E-state index is -1.10. The molecule has 1 fully saturated rings. The van der Waals surface area contributed by atoms with Crippen molar-refractivity contribution in [2.75, 3.05) is 27.9 Å². The fourth-order valence-corrected chi connectivity index (χ4v) is 6.77. The van der Waals surface area contributed by atoms with Gasteiger partial charge in [0.1, 0.15) is 6.61 Å². The molecule has 0 N–H and O–H groups in total. The van der Waals surface area contributed by atoms with Gasteiger partial charge in [0, 0.05) is 45.4 Å². The number of allylic oxidation sites excluding steroid dienone is 5. The van der Waals surface area contributed by atoms with Crippen LogP contribution in [0, 0.1) is 0 Å². The van der Waals surface area contributed by atoms with Gasteiger partial charge in [-0.05, 0) is 41.2 Å². The number of likely N-dealkylation sites (N-methyl/N-ethyl adjacent to an activating group) is 1. The lowest BCUT2D eigenvalue weighted by Gasteiger charge is -2.57. The molecule has 41 heavy (non-hydrogen) atoms. The van der Waals surface area contributed by atoms with E-state index in [0.29, 0.717) is 5.57 Å². The summed E-state index contributed by atoms with van der Waals surface area (Å²) in [5.41, 5.74) is 1.37. The van der Waals surface area contributed by atoms with Crippen molar-refractivity contribution in [3.63, 3.8) is 0 Å². The van der Waals surface area contributed by atoms with Crippen molar-refractivity contribution in [1.82, 2.24) is 9.80 Å². The summed E-state index contributed by atoms with van der Waals surface area (Å²) in [6, 6.07) is -3.48. The average Bonchev–Trinajstić information content (AvgIpc) is 2.95. The highest BCUT2D eigenvalue weighted by Crippen LogP contribution is 2.47. The summed E-state index contributed by atoms with van der Waals surface area (Å²) in [6.45, 7) is 5.89. The second kappa shape index (κ2) is 10.1. The number of carbonyl (C=O) groups excluding carboxylic acids is 6. The number of carbonyl (C=O) groups is 6. The third-order valence-electron chi connectivity index (χ3n) is 8.97. The van der Waals surface area contributed by atoms with Gasteiger partial charge in [-0.25, -0.2) is 4.79 Å². The first-order valence-corrected chi connectivity index (χ1v) is 13.4. The predicted octanol–water partition coefficient (Wildman–Crippen LogP) is 1.29. The van der Waals surface area contributed by atoms with Crippen molar-refractivity contribution in [1.29, 1.82) is 0 Å². The number of nitrogens with zero attached hydrogens (tertiary/aromatic N) is 2. The third kappa shape index (κ3) is 3.89. The Hall–Kier alpha value is -4.12. The Morgan fingerprint density at radius 3 is 1.95 bits per heavy atom. The summed E-state index contributed by atoms with van der Waals surface area (Å²) in [5, 5.41) is 0. The molecule has 2 bridgehead atoms. The second-order valence-corrected chi connectivity index (χ2v) is 10.9. The highest BCUT2D eigenvalue weighted by Gasteiger charge is 2.59. The minimum absolute atomic E-state index is 0.00536. The summed E-state index contributed by atoms with van der Waals surface area (Å²) in [5.74, 6) is -2.97. The average molecular weight is 565 g/mol. The topological polar surface area (TPSA) is 137 Å². The molecule has 3 heterocycles. The molecule has 1 amide bonds. The summed E-state index contributed by atoms with van der Waals surface area (Å²) in [7, 11) is 4.32. The van der Waals surface area contributed by atoms with E-state index in [1.807, 2.05) is 0 Å². The number of esters is 1. The normalized spacial score (nSPS) is 28.7. The van der Waals surface area contributed by atoms with Crippen molar-refractivity contribution in [3.05, 3.63) is 56.6 Å². The lowest BCUT2D eigenvalue weighted by Crippen LogP contribution is -2.73. The van der Waals surface area contributed by atoms with Crippen molar-refractivity contribution >= 4 is 35.0 Å². The number of piperazine rings is 1. The van der Waals surface area contributed by atoms with Crippen LogP contribution in [0.2, 0.25) is 0 Å². The summed E-state index contributed by atoms with van der Waals surface area (Å²) in [6.07, 6.45) is 1.53. The number of ketones is 4. The van der Waals surface area contributed by atoms with Crippen LogP contribution in [0.25, 0.3) is 0 Å². The lowest BCUT2D eigenvalue weighted by atomic mass is 9.69. The Kier molecular flexibility index (Phi) is 6.97. The molecule has 0 radical (unpaired) electrons. The Morgan fingerprint density at radius 2 is 1.41 bits per heavy atom. The molecule has 0 spiro atoms. The van der Waals surface area contributed by atoms with Gasteiger partial charge in [0.25, 0.3) is 0 Å². The van der Waals surface area contributed by atoms with E-state index in [0.717, 1.165) is 0 Å². The fraction of sp³-hybridized carbons (Fsp3) is 0.467. The molecular weight excluding hydrogens is 532 g/mol. The van der Waals surface area contributed by atoms with E-state index in [9.17, 15) is 28.8 Å². The van der Waals surface area contributed by atoms with E-state index in [-0.39, 0.29) is 76.1 Å². The highest BCUT2D eigenvalue weighted by molar-refractivity contribution is 6.27. The molecule has 3 aliphatic heterocycles. The van der Waals surface area contributed by atoms with Crippen molar-refractivity contribution in [2.45, 2.75) is 64.7 Å². The molecular formula is C30H32N2O9. The predicted molar refractivity (Wildman–Crippen MR) is 143 cm³/mol. The van der Waals surface area contributed by atoms with Crippen LogP contribution in [0.15, 0.2) is 56.6 Å².